The SMILES string of the molecule is CCNC(=NCc1c(CC)noc1CC)NCCc1csc(C(C)C)n1. The topological polar surface area (TPSA) is 75.3 Å². The van der Waals surface area contributed by atoms with Crippen molar-refractivity contribution in [3.63, 3.8) is 0 Å². The van der Waals surface area contributed by atoms with Crippen LogP contribution < -0.4 is 10.6 Å². The van der Waals surface area contributed by atoms with Crippen molar-refractivity contribution in [3.05, 3.63) is 33.1 Å². The minimum Gasteiger partial charge on any atom is -0.361 e. The second-order valence-corrected chi connectivity index (χ2v) is 7.33. The van der Waals surface area contributed by atoms with E-state index in [1.165, 1.54) is 5.01 Å². The van der Waals surface area contributed by atoms with Crippen LogP contribution in [0.1, 0.15) is 68.3 Å². The Bertz CT molecular complexity index is 683. The zero-order valence-corrected chi connectivity index (χ0v) is 17.4. The van der Waals surface area contributed by atoms with Crippen LogP contribution in [0.5, 0.6) is 0 Å². The summed E-state index contributed by atoms with van der Waals surface area (Å²) < 4.78 is 5.42. The number of thiazole rings is 1. The van der Waals surface area contributed by atoms with Crippen LogP contribution in [0.3, 0.4) is 0 Å². The molecular weight excluding hydrogens is 346 g/mol. The third-order valence-corrected chi connectivity index (χ3v) is 5.28. The first-order valence-corrected chi connectivity index (χ1v) is 10.4. The van der Waals surface area contributed by atoms with Crippen LogP contribution >= 0.6 is 11.3 Å². The van der Waals surface area contributed by atoms with Crippen LogP contribution in [0.25, 0.3) is 0 Å². The highest BCUT2D eigenvalue weighted by Gasteiger charge is 2.13. The van der Waals surface area contributed by atoms with Gasteiger partial charge in [-0.2, -0.15) is 0 Å². The van der Waals surface area contributed by atoms with E-state index in [-0.39, 0.29) is 0 Å². The fraction of sp³-hybridized carbons (Fsp3) is 0.632. The molecule has 0 amide bonds. The highest BCUT2D eigenvalue weighted by molar-refractivity contribution is 7.09. The molecule has 0 saturated carbocycles. The van der Waals surface area contributed by atoms with E-state index < -0.39 is 0 Å². The predicted octanol–water partition coefficient (Wildman–Crippen LogP) is 3.68. The molecule has 2 heterocycles. The molecule has 7 heteroatoms. The maximum Gasteiger partial charge on any atom is 0.191 e. The first-order chi connectivity index (χ1) is 12.6. The van der Waals surface area contributed by atoms with Gasteiger partial charge in [0.15, 0.2) is 5.96 Å². The third-order valence-electron chi connectivity index (χ3n) is 4.08. The normalized spacial score (nSPS) is 12.0. The maximum atomic E-state index is 5.42. The average molecular weight is 378 g/mol. The standard InChI is InChI=1S/C19H31N5OS/c1-6-16-15(17(7-2)25-24-16)11-22-19(20-8-3)21-10-9-14-12-26-18(23-14)13(4)5/h12-13H,6-11H2,1-5H3,(H2,20,21,22). The number of hydrogen-bond donors (Lipinski definition) is 2. The second-order valence-electron chi connectivity index (χ2n) is 6.44. The van der Waals surface area contributed by atoms with Crippen molar-refractivity contribution in [2.24, 2.45) is 4.99 Å². The van der Waals surface area contributed by atoms with Gasteiger partial charge < -0.3 is 15.2 Å². The molecule has 2 N–H and O–H groups in total. The molecule has 2 aromatic heterocycles. The number of rotatable bonds is 9. The molecule has 0 aromatic carbocycles. The van der Waals surface area contributed by atoms with Crippen molar-refractivity contribution < 1.29 is 4.52 Å². The number of guanidine groups is 1. The van der Waals surface area contributed by atoms with Crippen LogP contribution in [0.4, 0.5) is 0 Å². The summed E-state index contributed by atoms with van der Waals surface area (Å²) in [6.45, 7) is 12.8. The lowest BCUT2D eigenvalue weighted by atomic mass is 10.1. The van der Waals surface area contributed by atoms with E-state index in [1.54, 1.807) is 11.3 Å². The van der Waals surface area contributed by atoms with Gasteiger partial charge in [0.1, 0.15) is 5.76 Å². The van der Waals surface area contributed by atoms with Crippen molar-refractivity contribution >= 4 is 17.3 Å². The highest BCUT2D eigenvalue weighted by atomic mass is 32.1. The van der Waals surface area contributed by atoms with E-state index in [1.807, 2.05) is 0 Å². The molecular formula is C19H31N5OS. The third kappa shape index (κ3) is 5.56. The summed E-state index contributed by atoms with van der Waals surface area (Å²) in [5, 5.41) is 14.2. The summed E-state index contributed by atoms with van der Waals surface area (Å²) in [5.74, 6) is 2.24. The van der Waals surface area contributed by atoms with Gasteiger partial charge in [0.25, 0.3) is 0 Å². The number of nitrogens with one attached hydrogen (secondary N) is 2. The molecule has 2 rings (SSSR count). The fourth-order valence-corrected chi connectivity index (χ4v) is 3.50. The molecule has 0 saturated heterocycles. The molecule has 6 nitrogen and oxygen atoms in total. The van der Waals surface area contributed by atoms with Gasteiger partial charge in [-0.25, -0.2) is 9.98 Å². The minimum atomic E-state index is 0.490. The van der Waals surface area contributed by atoms with Gasteiger partial charge in [-0.1, -0.05) is 32.9 Å². The lowest BCUT2D eigenvalue weighted by Gasteiger charge is -2.11. The monoisotopic (exact) mass is 377 g/mol. The van der Waals surface area contributed by atoms with Crippen molar-refractivity contribution in [3.8, 4) is 0 Å². The summed E-state index contributed by atoms with van der Waals surface area (Å²) in [6.07, 6.45) is 2.59. The summed E-state index contributed by atoms with van der Waals surface area (Å²) in [4.78, 5) is 9.40. The minimum absolute atomic E-state index is 0.490. The lowest BCUT2D eigenvalue weighted by Crippen LogP contribution is -2.38. The van der Waals surface area contributed by atoms with E-state index in [2.05, 4.69) is 60.8 Å². The van der Waals surface area contributed by atoms with Gasteiger partial charge >= 0.3 is 0 Å². The zero-order valence-electron chi connectivity index (χ0n) is 16.6. The largest absolute Gasteiger partial charge is 0.361 e. The number of aromatic nitrogens is 2. The number of aliphatic imine (C=N–C) groups is 1. The smallest absolute Gasteiger partial charge is 0.191 e. The Morgan fingerprint density at radius 3 is 2.65 bits per heavy atom. The molecule has 0 radical (unpaired) electrons. The molecule has 0 fully saturated rings. The molecule has 0 aliphatic carbocycles. The van der Waals surface area contributed by atoms with E-state index in [0.29, 0.717) is 12.5 Å². The van der Waals surface area contributed by atoms with Crippen LogP contribution in [0.15, 0.2) is 14.9 Å². The summed E-state index contributed by atoms with van der Waals surface area (Å²) in [5.41, 5.74) is 3.26. The Labute approximate surface area is 160 Å². The average Bonchev–Trinajstić information content (AvgIpc) is 3.26. The van der Waals surface area contributed by atoms with Gasteiger partial charge in [-0.3, -0.25) is 0 Å². The molecule has 144 valence electrons. The van der Waals surface area contributed by atoms with Gasteiger partial charge in [-0.05, 0) is 13.3 Å². The quantitative estimate of drug-likeness (QED) is 0.515. The summed E-state index contributed by atoms with van der Waals surface area (Å²) in [7, 11) is 0. The van der Waals surface area contributed by atoms with Crippen molar-refractivity contribution in [1.82, 2.24) is 20.8 Å². The van der Waals surface area contributed by atoms with Crippen LogP contribution in [-0.2, 0) is 25.8 Å². The van der Waals surface area contributed by atoms with Crippen molar-refractivity contribution in [1.29, 1.82) is 0 Å². The molecule has 0 aliphatic rings. The van der Waals surface area contributed by atoms with E-state index in [9.17, 15) is 0 Å². The van der Waals surface area contributed by atoms with Gasteiger partial charge in [0.05, 0.1) is 22.9 Å². The van der Waals surface area contributed by atoms with Gasteiger partial charge in [-0.15, -0.1) is 11.3 Å². The van der Waals surface area contributed by atoms with Crippen LogP contribution in [0.2, 0.25) is 0 Å². The summed E-state index contributed by atoms with van der Waals surface area (Å²) >= 11 is 1.74. The molecule has 2 aromatic rings. The zero-order chi connectivity index (χ0) is 18.9. The lowest BCUT2D eigenvalue weighted by molar-refractivity contribution is 0.380. The molecule has 0 atom stereocenters. The van der Waals surface area contributed by atoms with Crippen molar-refractivity contribution in [2.45, 2.75) is 66.3 Å². The summed E-state index contributed by atoms with van der Waals surface area (Å²) in [6, 6.07) is 0. The van der Waals surface area contributed by atoms with E-state index in [4.69, 9.17) is 9.52 Å². The molecule has 0 unspecified atom stereocenters. The fourth-order valence-electron chi connectivity index (χ4n) is 2.63. The number of nitrogens with zero attached hydrogens (tertiary/aromatic N) is 3. The first-order valence-electron chi connectivity index (χ1n) is 9.51. The Morgan fingerprint density at radius 2 is 2.04 bits per heavy atom. The van der Waals surface area contributed by atoms with Crippen LogP contribution in [0, 0.1) is 0 Å². The van der Waals surface area contributed by atoms with E-state index in [0.717, 1.165) is 61.0 Å². The Kier molecular flexibility index (Phi) is 8.09. The van der Waals surface area contributed by atoms with Crippen molar-refractivity contribution in [2.75, 3.05) is 13.1 Å². The molecule has 0 bridgehead atoms. The molecule has 0 aliphatic heterocycles. The van der Waals surface area contributed by atoms with E-state index >= 15 is 0 Å². The Balaban J connectivity index is 1.95. The molecule has 0 spiro atoms. The number of hydrogen-bond acceptors (Lipinski definition) is 5. The number of aryl methyl sites for hydroxylation is 2. The highest BCUT2D eigenvalue weighted by Crippen LogP contribution is 2.19. The Hall–Kier alpha value is -1.89. The molecule has 26 heavy (non-hydrogen) atoms. The second kappa shape index (κ2) is 10.3. The van der Waals surface area contributed by atoms with Gasteiger partial charge in [0.2, 0.25) is 0 Å². The Morgan fingerprint density at radius 1 is 1.23 bits per heavy atom. The maximum absolute atomic E-state index is 5.42. The predicted molar refractivity (Wildman–Crippen MR) is 108 cm³/mol. The van der Waals surface area contributed by atoms with Gasteiger partial charge in [0, 0.05) is 42.8 Å². The van der Waals surface area contributed by atoms with Crippen LogP contribution in [-0.4, -0.2) is 29.2 Å². The first kappa shape index (κ1) is 20.4.